The molecule has 1 aromatic rings. The van der Waals surface area contributed by atoms with E-state index in [1.165, 1.54) is 0 Å². The largest absolute Gasteiger partial charge is 0.401 e. The summed E-state index contributed by atoms with van der Waals surface area (Å²) in [4.78, 5) is 0. The average molecular weight is 263 g/mol. The van der Waals surface area contributed by atoms with Crippen LogP contribution in [0.2, 0.25) is 0 Å². The molecule has 0 N–H and O–H groups in total. The molecule has 3 nitrogen and oxygen atoms in total. The van der Waals surface area contributed by atoms with Crippen molar-refractivity contribution in [1.82, 2.24) is 0 Å². The minimum absolute atomic E-state index is 0.327. The number of unbranched alkanes of at least 4 members (excludes halogenated alkanes) is 2. The Bertz CT molecular complexity index is 429. The van der Waals surface area contributed by atoms with Crippen LogP contribution in [0.5, 0.6) is 5.75 Å². The van der Waals surface area contributed by atoms with Crippen LogP contribution in [0.1, 0.15) is 31.7 Å². The molecule has 90 valence electrons. The Morgan fingerprint density at radius 2 is 1.94 bits per heavy atom. The molecular formula is C11H15ClO3S. The minimum atomic E-state index is -3.96. The Labute approximate surface area is 101 Å². The molecule has 0 bridgehead atoms. The molecule has 16 heavy (non-hydrogen) atoms. The predicted octanol–water partition coefficient (Wildman–Crippen LogP) is 3.28. The fourth-order valence-corrected chi connectivity index (χ4v) is 2.05. The van der Waals surface area contributed by atoms with Crippen molar-refractivity contribution in [2.45, 2.75) is 32.6 Å². The molecule has 0 saturated heterocycles. The highest BCUT2D eigenvalue weighted by Crippen LogP contribution is 2.22. The van der Waals surface area contributed by atoms with Gasteiger partial charge in [-0.2, -0.15) is 8.42 Å². The van der Waals surface area contributed by atoms with Gasteiger partial charge in [-0.1, -0.05) is 38.0 Å². The summed E-state index contributed by atoms with van der Waals surface area (Å²) in [6, 6.07) is 7.05. The second-order valence-electron chi connectivity index (χ2n) is 3.54. The number of aryl methyl sites for hydroxylation is 1. The van der Waals surface area contributed by atoms with Crippen molar-refractivity contribution in [2.75, 3.05) is 0 Å². The molecule has 0 unspecified atom stereocenters. The van der Waals surface area contributed by atoms with E-state index in [0.717, 1.165) is 31.2 Å². The Kier molecular flexibility index (Phi) is 5.09. The van der Waals surface area contributed by atoms with Gasteiger partial charge in [0.2, 0.25) is 0 Å². The van der Waals surface area contributed by atoms with E-state index in [9.17, 15) is 8.42 Å². The number of rotatable bonds is 6. The molecule has 0 aromatic heterocycles. The van der Waals surface area contributed by atoms with Gasteiger partial charge in [-0.15, -0.1) is 0 Å². The van der Waals surface area contributed by atoms with E-state index in [2.05, 4.69) is 6.92 Å². The van der Waals surface area contributed by atoms with Gasteiger partial charge in [-0.25, -0.2) is 0 Å². The van der Waals surface area contributed by atoms with Crippen LogP contribution < -0.4 is 4.18 Å². The highest BCUT2D eigenvalue weighted by Gasteiger charge is 2.10. The first-order chi connectivity index (χ1) is 7.53. The normalized spacial score (nSPS) is 11.4. The van der Waals surface area contributed by atoms with Gasteiger partial charge in [0.1, 0.15) is 5.75 Å². The van der Waals surface area contributed by atoms with E-state index in [0.29, 0.717) is 5.75 Å². The van der Waals surface area contributed by atoms with Gasteiger partial charge in [-0.3, -0.25) is 0 Å². The SMILES string of the molecule is CCCCCc1ccccc1OS(=O)(=O)Cl. The van der Waals surface area contributed by atoms with Gasteiger partial charge < -0.3 is 4.18 Å². The molecule has 5 heteroatoms. The number of hydrogen-bond donors (Lipinski definition) is 0. The molecule has 0 heterocycles. The van der Waals surface area contributed by atoms with Crippen molar-refractivity contribution in [3.8, 4) is 5.75 Å². The molecule has 0 spiro atoms. The van der Waals surface area contributed by atoms with E-state index in [1.807, 2.05) is 12.1 Å². The third kappa shape index (κ3) is 4.86. The summed E-state index contributed by atoms with van der Waals surface area (Å²) in [7, 11) is 1.09. The lowest BCUT2D eigenvalue weighted by atomic mass is 10.1. The molecule has 0 radical (unpaired) electrons. The van der Waals surface area contributed by atoms with E-state index >= 15 is 0 Å². The van der Waals surface area contributed by atoms with E-state index in [-0.39, 0.29) is 0 Å². The van der Waals surface area contributed by atoms with Gasteiger partial charge >= 0.3 is 9.33 Å². The predicted molar refractivity (Wildman–Crippen MR) is 65.1 cm³/mol. The van der Waals surface area contributed by atoms with Crippen molar-refractivity contribution in [3.63, 3.8) is 0 Å². The second-order valence-corrected chi connectivity index (χ2v) is 5.63. The van der Waals surface area contributed by atoms with Crippen LogP contribution in [0.25, 0.3) is 0 Å². The van der Waals surface area contributed by atoms with Crippen LogP contribution in [0.15, 0.2) is 24.3 Å². The van der Waals surface area contributed by atoms with Crippen LogP contribution >= 0.6 is 10.7 Å². The summed E-state index contributed by atoms with van der Waals surface area (Å²) < 4.78 is 26.4. The minimum Gasteiger partial charge on any atom is -0.371 e. The summed E-state index contributed by atoms with van der Waals surface area (Å²) in [5.74, 6) is 0.327. The Morgan fingerprint density at radius 1 is 1.25 bits per heavy atom. The number of halogens is 1. The Balaban J connectivity index is 2.75. The van der Waals surface area contributed by atoms with Crippen molar-refractivity contribution >= 4 is 20.0 Å². The summed E-state index contributed by atoms with van der Waals surface area (Å²) >= 11 is 0. The fourth-order valence-electron chi connectivity index (χ4n) is 1.46. The molecule has 0 aliphatic heterocycles. The lowest BCUT2D eigenvalue weighted by Gasteiger charge is -2.07. The zero-order valence-electron chi connectivity index (χ0n) is 9.15. The second kappa shape index (κ2) is 6.11. The van der Waals surface area contributed by atoms with Crippen molar-refractivity contribution in [3.05, 3.63) is 29.8 Å². The lowest BCUT2D eigenvalue weighted by molar-refractivity contribution is 0.499. The van der Waals surface area contributed by atoms with Crippen LogP contribution in [0, 0.1) is 0 Å². The zero-order valence-corrected chi connectivity index (χ0v) is 10.7. The van der Waals surface area contributed by atoms with Crippen molar-refractivity contribution in [1.29, 1.82) is 0 Å². The maximum absolute atomic E-state index is 10.8. The van der Waals surface area contributed by atoms with Crippen LogP contribution in [-0.2, 0) is 15.8 Å². The molecule has 0 aliphatic carbocycles. The maximum atomic E-state index is 10.8. The van der Waals surface area contributed by atoms with E-state index in [1.54, 1.807) is 12.1 Å². The van der Waals surface area contributed by atoms with E-state index in [4.69, 9.17) is 14.9 Å². The van der Waals surface area contributed by atoms with Gasteiger partial charge in [-0.05, 0) is 24.5 Å². The maximum Gasteiger partial charge on any atom is 0.401 e. The summed E-state index contributed by atoms with van der Waals surface area (Å²) in [6.45, 7) is 2.12. The molecule has 0 saturated carbocycles. The first-order valence-electron chi connectivity index (χ1n) is 5.25. The van der Waals surface area contributed by atoms with E-state index < -0.39 is 9.33 Å². The zero-order chi connectivity index (χ0) is 12.0. The summed E-state index contributed by atoms with van der Waals surface area (Å²) in [5.41, 5.74) is 0.875. The van der Waals surface area contributed by atoms with Crippen LogP contribution in [-0.4, -0.2) is 8.42 Å². The first-order valence-corrected chi connectivity index (χ1v) is 7.48. The first kappa shape index (κ1) is 13.3. The van der Waals surface area contributed by atoms with Gasteiger partial charge in [0.25, 0.3) is 0 Å². The molecular weight excluding hydrogens is 248 g/mol. The lowest BCUT2D eigenvalue weighted by Crippen LogP contribution is -2.02. The average Bonchev–Trinajstić information content (AvgIpc) is 2.19. The third-order valence-corrected chi connectivity index (χ3v) is 2.78. The molecule has 0 fully saturated rings. The van der Waals surface area contributed by atoms with Crippen LogP contribution in [0.4, 0.5) is 0 Å². The standard InChI is InChI=1S/C11H15ClO3S/c1-2-3-4-7-10-8-5-6-9-11(10)15-16(12,13)14/h5-6,8-9H,2-4,7H2,1H3. The quantitative estimate of drug-likeness (QED) is 0.584. The molecule has 0 atom stereocenters. The highest BCUT2D eigenvalue weighted by atomic mass is 35.7. The van der Waals surface area contributed by atoms with Crippen molar-refractivity contribution < 1.29 is 12.6 Å². The molecule has 1 rings (SSSR count). The molecule has 0 amide bonds. The topological polar surface area (TPSA) is 43.4 Å². The summed E-state index contributed by atoms with van der Waals surface area (Å²) in [6.07, 6.45) is 4.05. The number of para-hydroxylation sites is 1. The highest BCUT2D eigenvalue weighted by molar-refractivity contribution is 8.10. The van der Waals surface area contributed by atoms with Crippen LogP contribution in [0.3, 0.4) is 0 Å². The molecule has 1 aromatic carbocycles. The van der Waals surface area contributed by atoms with Crippen molar-refractivity contribution in [2.24, 2.45) is 0 Å². The Hall–Kier alpha value is -0.740. The monoisotopic (exact) mass is 262 g/mol. The fraction of sp³-hybridized carbons (Fsp3) is 0.455. The number of hydrogen-bond acceptors (Lipinski definition) is 3. The Morgan fingerprint density at radius 3 is 2.56 bits per heavy atom. The smallest absolute Gasteiger partial charge is 0.371 e. The van der Waals surface area contributed by atoms with Gasteiger partial charge in [0.15, 0.2) is 0 Å². The van der Waals surface area contributed by atoms with Gasteiger partial charge in [0.05, 0.1) is 10.7 Å². The summed E-state index contributed by atoms with van der Waals surface area (Å²) in [5, 5.41) is 0. The van der Waals surface area contributed by atoms with Gasteiger partial charge in [0, 0.05) is 0 Å². The third-order valence-electron chi connectivity index (χ3n) is 2.21. The molecule has 0 aliphatic rings. The number of benzene rings is 1.